The van der Waals surface area contributed by atoms with Crippen molar-refractivity contribution in [3.8, 4) is 0 Å². The molecule has 4 rings (SSSR count). The van der Waals surface area contributed by atoms with Crippen molar-refractivity contribution in [1.82, 2.24) is 4.90 Å². The predicted octanol–water partition coefficient (Wildman–Crippen LogP) is 3.61. The summed E-state index contributed by atoms with van der Waals surface area (Å²) in [6.07, 6.45) is 1.56. The van der Waals surface area contributed by atoms with Gasteiger partial charge in [0.25, 0.3) is 0 Å². The molecule has 28 heavy (non-hydrogen) atoms. The van der Waals surface area contributed by atoms with E-state index in [9.17, 15) is 18.4 Å². The summed E-state index contributed by atoms with van der Waals surface area (Å²) in [5.41, 5.74) is 1.48. The molecule has 0 aromatic heterocycles. The number of piperidine rings is 1. The lowest BCUT2D eigenvalue weighted by Gasteiger charge is -2.44. The molecule has 4 nitrogen and oxygen atoms in total. The maximum Gasteiger partial charge on any atom is 0.238 e. The molecule has 2 heterocycles. The average Bonchev–Trinajstić information content (AvgIpc) is 3.01. The third kappa shape index (κ3) is 3.63. The molecule has 0 aliphatic carbocycles. The number of hydrogen-bond acceptors (Lipinski definition) is 3. The molecular weight excluding hydrogens is 382 g/mol. The molecular formula is C21H20F2N2O2S. The summed E-state index contributed by atoms with van der Waals surface area (Å²) in [6, 6.07) is 12.0. The van der Waals surface area contributed by atoms with Gasteiger partial charge in [-0.25, -0.2) is 8.78 Å². The van der Waals surface area contributed by atoms with Gasteiger partial charge in [0.05, 0.1) is 17.0 Å². The minimum absolute atomic E-state index is 0.00381. The number of thioether (sulfide) groups is 1. The Morgan fingerprint density at radius 3 is 2.14 bits per heavy atom. The zero-order valence-electron chi connectivity index (χ0n) is 15.2. The van der Waals surface area contributed by atoms with Crippen LogP contribution < -0.4 is 4.90 Å². The Morgan fingerprint density at radius 2 is 1.54 bits per heavy atom. The molecule has 2 saturated heterocycles. The van der Waals surface area contributed by atoms with Gasteiger partial charge in [0.15, 0.2) is 0 Å². The molecule has 2 amide bonds. The summed E-state index contributed by atoms with van der Waals surface area (Å²) in [6.45, 7) is 1.11. The van der Waals surface area contributed by atoms with Crippen LogP contribution in [0.2, 0.25) is 0 Å². The molecule has 146 valence electrons. The van der Waals surface area contributed by atoms with Crippen molar-refractivity contribution in [2.45, 2.75) is 24.1 Å². The smallest absolute Gasteiger partial charge is 0.238 e. The van der Waals surface area contributed by atoms with Crippen molar-refractivity contribution in [2.24, 2.45) is 0 Å². The Balaban J connectivity index is 1.44. The summed E-state index contributed by atoms with van der Waals surface area (Å²) < 4.78 is 26.3. The number of anilines is 1. The van der Waals surface area contributed by atoms with Gasteiger partial charge < -0.3 is 4.90 Å². The van der Waals surface area contributed by atoms with E-state index in [2.05, 4.69) is 0 Å². The van der Waals surface area contributed by atoms with E-state index >= 15 is 0 Å². The lowest BCUT2D eigenvalue weighted by molar-refractivity contribution is -0.131. The fourth-order valence-electron chi connectivity index (χ4n) is 3.88. The normalized spacial score (nSPS) is 18.7. The van der Waals surface area contributed by atoms with Crippen LogP contribution in [0.3, 0.4) is 0 Å². The molecule has 0 atom stereocenters. The summed E-state index contributed by atoms with van der Waals surface area (Å²) in [5.74, 6) is -0.244. The number of benzene rings is 2. The predicted molar refractivity (Wildman–Crippen MR) is 105 cm³/mol. The largest absolute Gasteiger partial charge is 0.342 e. The van der Waals surface area contributed by atoms with Gasteiger partial charge in [-0.15, -0.1) is 11.8 Å². The van der Waals surface area contributed by atoms with E-state index in [1.807, 2.05) is 0 Å². The van der Waals surface area contributed by atoms with Gasteiger partial charge in [-0.1, -0.05) is 12.1 Å². The Kier molecular flexibility index (Phi) is 5.10. The minimum atomic E-state index is -0.387. The molecule has 2 aromatic rings. The summed E-state index contributed by atoms with van der Waals surface area (Å²) in [4.78, 5) is 28.3. The van der Waals surface area contributed by atoms with Gasteiger partial charge in [-0.3, -0.25) is 14.5 Å². The second kappa shape index (κ2) is 7.54. The van der Waals surface area contributed by atoms with Crippen molar-refractivity contribution >= 4 is 29.3 Å². The van der Waals surface area contributed by atoms with Crippen molar-refractivity contribution in [3.05, 3.63) is 65.7 Å². The monoisotopic (exact) mass is 402 g/mol. The topological polar surface area (TPSA) is 40.6 Å². The molecule has 2 aromatic carbocycles. The molecule has 2 aliphatic rings. The molecule has 2 aliphatic heterocycles. The number of halogens is 2. The summed E-state index contributed by atoms with van der Waals surface area (Å²) >= 11 is 1.60. The fraction of sp³-hybridized carbons (Fsp3) is 0.333. The zero-order chi connectivity index (χ0) is 19.7. The molecule has 0 N–H and O–H groups in total. The van der Waals surface area contributed by atoms with Crippen LogP contribution in [0.1, 0.15) is 18.4 Å². The lowest BCUT2D eigenvalue weighted by atomic mass is 10.00. The summed E-state index contributed by atoms with van der Waals surface area (Å²) in [7, 11) is 0. The van der Waals surface area contributed by atoms with Gasteiger partial charge in [0, 0.05) is 18.8 Å². The lowest BCUT2D eigenvalue weighted by Crippen LogP contribution is -2.53. The Hall–Kier alpha value is -2.41. The zero-order valence-corrected chi connectivity index (χ0v) is 16.1. The maximum atomic E-state index is 13.3. The van der Waals surface area contributed by atoms with E-state index in [4.69, 9.17) is 0 Å². The first-order valence-electron chi connectivity index (χ1n) is 9.22. The molecule has 0 bridgehead atoms. The van der Waals surface area contributed by atoms with E-state index < -0.39 is 0 Å². The van der Waals surface area contributed by atoms with E-state index in [1.54, 1.807) is 45.8 Å². The number of likely N-dealkylation sites (tertiary alicyclic amines) is 1. The first-order valence-corrected chi connectivity index (χ1v) is 10.2. The highest BCUT2D eigenvalue weighted by atomic mass is 32.2. The van der Waals surface area contributed by atoms with Crippen molar-refractivity contribution in [3.63, 3.8) is 0 Å². The molecule has 2 fully saturated rings. The van der Waals surface area contributed by atoms with Gasteiger partial charge in [-0.05, 0) is 54.8 Å². The van der Waals surface area contributed by atoms with Crippen molar-refractivity contribution < 1.29 is 18.4 Å². The van der Waals surface area contributed by atoms with Crippen LogP contribution in [0.4, 0.5) is 14.5 Å². The van der Waals surface area contributed by atoms with E-state index in [0.29, 0.717) is 37.4 Å². The van der Waals surface area contributed by atoms with Gasteiger partial charge in [0.2, 0.25) is 11.8 Å². The highest BCUT2D eigenvalue weighted by molar-refractivity contribution is 8.02. The summed E-state index contributed by atoms with van der Waals surface area (Å²) in [5, 5.41) is 0. The Labute approximate surface area is 166 Å². The molecule has 0 saturated carbocycles. The average molecular weight is 402 g/mol. The number of hydrogen-bond donors (Lipinski definition) is 0. The highest BCUT2D eigenvalue weighted by Gasteiger charge is 2.49. The van der Waals surface area contributed by atoms with Crippen molar-refractivity contribution in [1.29, 1.82) is 0 Å². The standard InChI is InChI=1S/C21H20F2N2O2S/c22-16-3-1-15(2-4-16)13-19(26)24-11-9-21(10-12-24)25(20(27)14-28-21)18-7-5-17(23)6-8-18/h1-8H,9-14H2. The SMILES string of the molecule is O=C(Cc1ccc(F)cc1)N1CCC2(CC1)SCC(=O)N2c1ccc(F)cc1. The van der Waals surface area contributed by atoms with Crippen LogP contribution >= 0.6 is 11.8 Å². The first kappa shape index (κ1) is 18.9. The van der Waals surface area contributed by atoms with Crippen LogP contribution in [0.15, 0.2) is 48.5 Å². The highest BCUT2D eigenvalue weighted by Crippen LogP contribution is 2.46. The number of rotatable bonds is 3. The quantitative estimate of drug-likeness (QED) is 0.788. The fourth-order valence-corrected chi connectivity index (χ4v) is 5.21. The van der Waals surface area contributed by atoms with E-state index in [-0.39, 0.29) is 34.7 Å². The number of nitrogens with zero attached hydrogens (tertiary/aromatic N) is 2. The van der Waals surface area contributed by atoms with Crippen LogP contribution in [0, 0.1) is 11.6 Å². The Bertz CT molecular complexity index is 878. The second-order valence-electron chi connectivity index (χ2n) is 7.12. The molecule has 0 unspecified atom stereocenters. The van der Waals surface area contributed by atoms with Crippen LogP contribution in [-0.2, 0) is 16.0 Å². The van der Waals surface area contributed by atoms with Crippen LogP contribution in [0.25, 0.3) is 0 Å². The number of amides is 2. The van der Waals surface area contributed by atoms with Gasteiger partial charge in [0.1, 0.15) is 11.6 Å². The second-order valence-corrected chi connectivity index (χ2v) is 8.46. The van der Waals surface area contributed by atoms with Gasteiger partial charge >= 0.3 is 0 Å². The van der Waals surface area contributed by atoms with E-state index in [0.717, 1.165) is 5.56 Å². The number of carbonyl (C=O) groups excluding carboxylic acids is 2. The van der Waals surface area contributed by atoms with E-state index in [1.165, 1.54) is 24.3 Å². The molecule has 1 spiro atoms. The van der Waals surface area contributed by atoms with Gasteiger partial charge in [-0.2, -0.15) is 0 Å². The molecule has 7 heteroatoms. The van der Waals surface area contributed by atoms with Crippen LogP contribution in [0.5, 0.6) is 0 Å². The maximum absolute atomic E-state index is 13.3. The first-order chi connectivity index (χ1) is 13.5. The third-order valence-corrected chi connectivity index (χ3v) is 6.89. The van der Waals surface area contributed by atoms with Crippen LogP contribution in [-0.4, -0.2) is 40.4 Å². The van der Waals surface area contributed by atoms with Crippen molar-refractivity contribution in [2.75, 3.05) is 23.7 Å². The molecule has 0 radical (unpaired) electrons. The third-order valence-electron chi connectivity index (χ3n) is 5.37. The Morgan fingerprint density at radius 1 is 0.964 bits per heavy atom. The number of carbonyl (C=O) groups is 2. The minimum Gasteiger partial charge on any atom is -0.342 e.